The smallest absolute Gasteiger partial charge is 0.153 e. The van der Waals surface area contributed by atoms with Crippen LogP contribution in [0.25, 0.3) is 38.9 Å². The van der Waals surface area contributed by atoms with Crippen molar-refractivity contribution in [3.05, 3.63) is 83.2 Å². The lowest BCUT2D eigenvalue weighted by molar-refractivity contribution is 0.302. The highest BCUT2D eigenvalue weighted by atomic mass is 35.5. The third-order valence-corrected chi connectivity index (χ3v) is 8.16. The van der Waals surface area contributed by atoms with Gasteiger partial charge in [-0.15, -0.1) is 0 Å². The lowest BCUT2D eigenvalue weighted by Gasteiger charge is -2.16. The minimum Gasteiger partial charge on any atom is -0.497 e. The summed E-state index contributed by atoms with van der Waals surface area (Å²) in [6, 6.07) is 14.9. The van der Waals surface area contributed by atoms with Crippen LogP contribution in [0, 0.1) is 17.1 Å². The molecule has 0 bridgehead atoms. The predicted octanol–water partition coefficient (Wildman–Crippen LogP) is 6.78. The Balaban J connectivity index is 1.32. The molecule has 1 fully saturated rings. The first-order valence-corrected chi connectivity index (χ1v) is 14.6. The molecule has 1 N–H and O–H groups in total. The number of imidazole rings is 1. The molecule has 1 saturated carbocycles. The minimum atomic E-state index is -0.708. The highest BCUT2D eigenvalue weighted by molar-refractivity contribution is 6.31. The Kier molecular flexibility index (Phi) is 7.14. The summed E-state index contributed by atoms with van der Waals surface area (Å²) < 4.78 is 36.1. The Morgan fingerprint density at radius 2 is 1.91 bits per heavy atom. The Morgan fingerprint density at radius 3 is 2.67 bits per heavy atom. The normalized spacial score (nSPS) is 12.8. The van der Waals surface area contributed by atoms with Gasteiger partial charge in [0.05, 0.1) is 66.4 Å². The molecule has 0 saturated heterocycles. The van der Waals surface area contributed by atoms with Gasteiger partial charge in [-0.3, -0.25) is 9.08 Å². The molecule has 0 atom stereocenters. The van der Waals surface area contributed by atoms with Gasteiger partial charge in [0.1, 0.15) is 34.4 Å². The molecule has 3 aromatic carbocycles. The van der Waals surface area contributed by atoms with E-state index >= 15 is 4.39 Å². The van der Waals surface area contributed by atoms with Crippen molar-refractivity contribution in [2.75, 3.05) is 19.5 Å². The maximum Gasteiger partial charge on any atom is 0.153 e. The van der Waals surface area contributed by atoms with E-state index in [1.807, 2.05) is 40.8 Å². The molecule has 0 aliphatic heterocycles. The number of nitriles is 1. The SMILES string of the molecule is COc1ccc(CNc2nc3cc(-c4cnn(C)c4-c4c(F)c(Cl)cc(OC5CC5)c4C#N)ccc3n3cncc23)c(OC)c1. The Morgan fingerprint density at radius 1 is 1.07 bits per heavy atom. The number of aryl methyl sites for hydroxylation is 1. The molecule has 0 radical (unpaired) electrons. The van der Waals surface area contributed by atoms with E-state index in [9.17, 15) is 5.26 Å². The fourth-order valence-corrected chi connectivity index (χ4v) is 5.66. The van der Waals surface area contributed by atoms with Gasteiger partial charge in [0.25, 0.3) is 0 Å². The van der Waals surface area contributed by atoms with E-state index in [0.717, 1.165) is 35.0 Å². The van der Waals surface area contributed by atoms with Crippen LogP contribution in [0.1, 0.15) is 24.0 Å². The number of ether oxygens (including phenoxy) is 3. The molecule has 1 aliphatic rings. The number of methoxy groups -OCH3 is 2. The summed E-state index contributed by atoms with van der Waals surface area (Å²) in [7, 11) is 4.93. The van der Waals surface area contributed by atoms with Crippen molar-refractivity contribution < 1.29 is 18.6 Å². The van der Waals surface area contributed by atoms with E-state index in [0.29, 0.717) is 40.6 Å². The summed E-state index contributed by atoms with van der Waals surface area (Å²) in [4.78, 5) is 9.33. The summed E-state index contributed by atoms with van der Waals surface area (Å²) in [5, 5.41) is 17.9. The number of halogens is 2. The highest BCUT2D eigenvalue weighted by Crippen LogP contribution is 2.43. The van der Waals surface area contributed by atoms with Gasteiger partial charge in [-0.2, -0.15) is 10.4 Å². The van der Waals surface area contributed by atoms with Gasteiger partial charge in [0, 0.05) is 36.9 Å². The molecule has 7 rings (SSSR count). The van der Waals surface area contributed by atoms with Crippen molar-refractivity contribution >= 4 is 34.0 Å². The molecule has 10 nitrogen and oxygen atoms in total. The molecule has 3 heterocycles. The van der Waals surface area contributed by atoms with Crippen molar-refractivity contribution in [2.24, 2.45) is 7.05 Å². The van der Waals surface area contributed by atoms with E-state index in [1.165, 1.54) is 10.7 Å². The molecule has 1 aliphatic carbocycles. The second kappa shape index (κ2) is 11.3. The number of hydrogen-bond acceptors (Lipinski definition) is 8. The molecule has 6 aromatic rings. The van der Waals surface area contributed by atoms with Crippen molar-refractivity contribution in [3.63, 3.8) is 0 Å². The van der Waals surface area contributed by atoms with E-state index in [1.54, 1.807) is 40.0 Å². The third-order valence-electron chi connectivity index (χ3n) is 7.89. The Labute approximate surface area is 262 Å². The summed E-state index contributed by atoms with van der Waals surface area (Å²) in [6.07, 6.45) is 6.88. The van der Waals surface area contributed by atoms with Gasteiger partial charge in [-0.1, -0.05) is 17.7 Å². The fourth-order valence-electron chi connectivity index (χ4n) is 5.47. The first-order chi connectivity index (χ1) is 21.9. The quantitative estimate of drug-likeness (QED) is 0.187. The van der Waals surface area contributed by atoms with Crippen LogP contribution in [0.5, 0.6) is 17.2 Å². The standard InChI is InChI=1S/C33H27ClFN7O3/c1-41-32(30-22(13-36)29(45-20-7-8-20)12-24(34)31(30)35)23(15-39-41)18-5-9-26-25(10-18)40-33(27-16-37-17-42(26)27)38-14-19-4-6-21(43-2)11-28(19)44-3/h4-6,9-12,15-17,20H,7-8,14H2,1-3H3,(H,38,40). The van der Waals surface area contributed by atoms with Crippen LogP contribution >= 0.6 is 11.6 Å². The number of rotatable bonds is 9. The van der Waals surface area contributed by atoms with Crippen LogP contribution < -0.4 is 19.5 Å². The van der Waals surface area contributed by atoms with E-state index in [-0.39, 0.29) is 28.0 Å². The monoisotopic (exact) mass is 623 g/mol. The second-order valence-corrected chi connectivity index (χ2v) is 11.1. The summed E-state index contributed by atoms with van der Waals surface area (Å²) in [5.74, 6) is 1.57. The van der Waals surface area contributed by atoms with E-state index < -0.39 is 5.82 Å². The number of anilines is 1. The van der Waals surface area contributed by atoms with Crippen LogP contribution in [0.4, 0.5) is 10.2 Å². The van der Waals surface area contributed by atoms with Crippen molar-refractivity contribution in [1.29, 1.82) is 5.26 Å². The lowest BCUT2D eigenvalue weighted by atomic mass is 9.96. The van der Waals surface area contributed by atoms with Crippen LogP contribution in [0.3, 0.4) is 0 Å². The summed E-state index contributed by atoms with van der Waals surface area (Å²) >= 11 is 6.33. The zero-order valence-electron chi connectivity index (χ0n) is 24.6. The van der Waals surface area contributed by atoms with Gasteiger partial charge < -0.3 is 19.5 Å². The fraction of sp³-hybridized carbons (Fsp3) is 0.212. The number of nitrogens with zero attached hydrogens (tertiary/aromatic N) is 6. The lowest BCUT2D eigenvalue weighted by Crippen LogP contribution is -2.06. The molecule has 226 valence electrons. The zero-order chi connectivity index (χ0) is 31.2. The summed E-state index contributed by atoms with van der Waals surface area (Å²) in [5.41, 5.74) is 5.09. The van der Waals surface area contributed by atoms with E-state index in [2.05, 4.69) is 21.5 Å². The average Bonchev–Trinajstić information content (AvgIpc) is 3.58. The van der Waals surface area contributed by atoms with Crippen LogP contribution in [-0.2, 0) is 13.6 Å². The predicted molar refractivity (Wildman–Crippen MR) is 168 cm³/mol. The topological polar surface area (TPSA) is 112 Å². The molecule has 0 spiro atoms. The highest BCUT2D eigenvalue weighted by Gasteiger charge is 2.30. The number of benzene rings is 3. The van der Waals surface area contributed by atoms with Gasteiger partial charge in [-0.05, 0) is 42.7 Å². The number of hydrogen-bond donors (Lipinski definition) is 1. The molecular formula is C33H27ClFN7O3. The van der Waals surface area contributed by atoms with Gasteiger partial charge in [0.15, 0.2) is 11.6 Å². The first-order valence-electron chi connectivity index (χ1n) is 14.2. The van der Waals surface area contributed by atoms with E-state index in [4.69, 9.17) is 30.8 Å². The third kappa shape index (κ3) is 5.03. The molecule has 0 amide bonds. The summed E-state index contributed by atoms with van der Waals surface area (Å²) in [6.45, 7) is 0.440. The Hall–Kier alpha value is -5.34. The second-order valence-electron chi connectivity index (χ2n) is 10.7. The molecule has 3 aromatic heterocycles. The van der Waals surface area contributed by atoms with Crippen LogP contribution in [-0.4, -0.2) is 44.5 Å². The number of aromatic nitrogens is 5. The van der Waals surface area contributed by atoms with Gasteiger partial charge >= 0.3 is 0 Å². The molecular weight excluding hydrogens is 597 g/mol. The average molecular weight is 624 g/mol. The van der Waals surface area contributed by atoms with Gasteiger partial charge in [-0.25, -0.2) is 14.4 Å². The Bertz CT molecular complexity index is 2150. The zero-order valence-corrected chi connectivity index (χ0v) is 25.4. The van der Waals surface area contributed by atoms with Crippen LogP contribution in [0.2, 0.25) is 5.02 Å². The maximum atomic E-state index is 15.8. The number of nitrogens with one attached hydrogen (secondary N) is 1. The molecule has 0 unspecified atom stereocenters. The largest absolute Gasteiger partial charge is 0.497 e. The maximum absolute atomic E-state index is 15.8. The minimum absolute atomic E-state index is 0.00215. The van der Waals surface area contributed by atoms with Crippen molar-refractivity contribution in [1.82, 2.24) is 24.1 Å². The number of fused-ring (bicyclic) bond motifs is 3. The van der Waals surface area contributed by atoms with Gasteiger partial charge in [0.2, 0.25) is 0 Å². The van der Waals surface area contributed by atoms with Crippen LogP contribution in [0.15, 0.2) is 61.2 Å². The van der Waals surface area contributed by atoms with Crippen molar-refractivity contribution in [3.8, 4) is 45.7 Å². The van der Waals surface area contributed by atoms with Crippen molar-refractivity contribution in [2.45, 2.75) is 25.5 Å². The first kappa shape index (κ1) is 28.4. The molecule has 45 heavy (non-hydrogen) atoms. The molecule has 12 heteroatoms.